The Kier molecular flexibility index (Phi) is 11.0. The fourth-order valence-corrected chi connectivity index (χ4v) is 2.21. The highest BCUT2D eigenvalue weighted by molar-refractivity contribution is 4.50. The molecule has 0 spiro atoms. The SMILES string of the molecule is CCCCCCCCCCCC(N)O[Cl+3]([O-])([O-])[O-]. The highest BCUT2D eigenvalue weighted by atomic mass is 35.7. The Hall–Kier alpha value is 0.0900. The molecule has 6 heteroatoms. The van der Waals surface area contributed by atoms with Crippen LogP contribution in [-0.4, -0.2) is 6.23 Å². The quantitative estimate of drug-likeness (QED) is 0.404. The maximum absolute atomic E-state index is 10.2. The van der Waals surface area contributed by atoms with Crippen LogP contribution in [-0.2, 0) is 4.29 Å². The molecule has 5 nitrogen and oxygen atoms in total. The topological polar surface area (TPSA) is 104 Å². The average Bonchev–Trinajstić information content (AvgIpc) is 2.24. The van der Waals surface area contributed by atoms with Gasteiger partial charge in [-0.15, -0.1) is 0 Å². The van der Waals surface area contributed by atoms with Gasteiger partial charge in [-0.3, -0.25) is 5.73 Å². The molecule has 0 rings (SSSR count). The highest BCUT2D eigenvalue weighted by Gasteiger charge is 2.24. The molecular formula is C12H26ClNO4. The maximum Gasteiger partial charge on any atom is 0.263 e. The first-order chi connectivity index (χ1) is 8.45. The molecule has 0 aromatic carbocycles. The molecule has 0 aliphatic carbocycles. The second-order valence-electron chi connectivity index (χ2n) is 4.62. The molecule has 0 saturated carbocycles. The van der Waals surface area contributed by atoms with Crippen molar-refractivity contribution in [2.45, 2.75) is 77.4 Å². The number of hydrogen-bond donors (Lipinski definition) is 1. The van der Waals surface area contributed by atoms with Crippen LogP contribution in [0.2, 0.25) is 0 Å². The fraction of sp³-hybridized carbons (Fsp3) is 1.00. The van der Waals surface area contributed by atoms with Crippen molar-refractivity contribution in [3.8, 4) is 0 Å². The number of halogens is 1. The van der Waals surface area contributed by atoms with Crippen LogP contribution in [0.4, 0.5) is 0 Å². The monoisotopic (exact) mass is 283 g/mol. The summed E-state index contributed by atoms with van der Waals surface area (Å²) in [6.07, 6.45) is 9.98. The molecular weight excluding hydrogens is 258 g/mol. The van der Waals surface area contributed by atoms with E-state index >= 15 is 0 Å². The van der Waals surface area contributed by atoms with Gasteiger partial charge in [0.25, 0.3) is 6.23 Å². The van der Waals surface area contributed by atoms with Crippen molar-refractivity contribution in [3.05, 3.63) is 0 Å². The summed E-state index contributed by atoms with van der Waals surface area (Å²) in [5, 5.41) is 0. The Morgan fingerprint density at radius 2 is 1.33 bits per heavy atom. The van der Waals surface area contributed by atoms with Crippen molar-refractivity contribution in [2.24, 2.45) is 5.73 Å². The van der Waals surface area contributed by atoms with Gasteiger partial charge in [-0.05, 0) is 6.42 Å². The van der Waals surface area contributed by atoms with E-state index in [2.05, 4.69) is 11.2 Å². The lowest BCUT2D eigenvalue weighted by Crippen LogP contribution is -2.63. The largest absolute Gasteiger partial charge is 0.292 e. The van der Waals surface area contributed by atoms with Gasteiger partial charge in [-0.25, -0.2) is 0 Å². The molecule has 0 fully saturated rings. The second-order valence-corrected chi connectivity index (χ2v) is 5.56. The minimum atomic E-state index is -4.39. The lowest BCUT2D eigenvalue weighted by Gasteiger charge is -2.15. The third-order valence-corrected chi connectivity index (χ3v) is 3.26. The summed E-state index contributed by atoms with van der Waals surface area (Å²) < 4.78 is 34.7. The zero-order chi connectivity index (χ0) is 13.9. The smallest absolute Gasteiger partial charge is 0.263 e. The van der Waals surface area contributed by atoms with Crippen molar-refractivity contribution < 1.29 is 28.5 Å². The number of nitrogens with two attached hydrogens (primary N) is 1. The molecule has 0 aromatic rings. The molecule has 1 unspecified atom stereocenters. The van der Waals surface area contributed by atoms with Crippen LogP contribution in [0.1, 0.15) is 71.1 Å². The van der Waals surface area contributed by atoms with Crippen LogP contribution in [0.15, 0.2) is 0 Å². The van der Waals surface area contributed by atoms with Gasteiger partial charge in [-0.2, -0.15) is 14.0 Å². The van der Waals surface area contributed by atoms with Gasteiger partial charge in [0.15, 0.2) is 0 Å². The highest BCUT2D eigenvalue weighted by Crippen LogP contribution is 2.11. The first-order valence-electron chi connectivity index (χ1n) is 6.80. The molecule has 18 heavy (non-hydrogen) atoms. The lowest BCUT2D eigenvalue weighted by atomic mass is 10.1. The summed E-state index contributed by atoms with van der Waals surface area (Å²) in [6.45, 7) is 2.20. The van der Waals surface area contributed by atoms with Crippen LogP contribution in [0.5, 0.6) is 0 Å². The van der Waals surface area contributed by atoms with E-state index in [1.165, 1.54) is 38.5 Å². The molecule has 0 saturated heterocycles. The van der Waals surface area contributed by atoms with Crippen LogP contribution < -0.4 is 19.7 Å². The molecule has 0 aromatic heterocycles. The van der Waals surface area contributed by atoms with E-state index in [-0.39, 0.29) is 0 Å². The Morgan fingerprint density at radius 3 is 1.78 bits per heavy atom. The van der Waals surface area contributed by atoms with E-state index in [9.17, 15) is 14.0 Å². The van der Waals surface area contributed by atoms with E-state index in [4.69, 9.17) is 5.73 Å². The third-order valence-electron chi connectivity index (χ3n) is 2.82. The van der Waals surface area contributed by atoms with Crippen LogP contribution >= 0.6 is 0 Å². The van der Waals surface area contributed by atoms with Crippen molar-refractivity contribution in [1.82, 2.24) is 0 Å². The van der Waals surface area contributed by atoms with E-state index in [1.54, 1.807) is 0 Å². The van der Waals surface area contributed by atoms with Gasteiger partial charge < -0.3 is 0 Å². The van der Waals surface area contributed by atoms with E-state index < -0.39 is 16.5 Å². The summed E-state index contributed by atoms with van der Waals surface area (Å²) in [5.41, 5.74) is 5.35. The standard InChI is InChI=1S/C12H26ClNO4/c1-2-3-4-5-6-7-8-9-10-11-12(14)18-13(15,16)17/h12H,2-11,14H2,1H3. The zero-order valence-electron chi connectivity index (χ0n) is 11.2. The molecule has 0 bridgehead atoms. The van der Waals surface area contributed by atoms with Crippen molar-refractivity contribution in [3.63, 3.8) is 0 Å². The van der Waals surface area contributed by atoms with Crippen LogP contribution in [0.25, 0.3) is 0 Å². The van der Waals surface area contributed by atoms with E-state index in [1.807, 2.05) is 0 Å². The summed E-state index contributed by atoms with van der Waals surface area (Å²) in [7, 11) is -4.39. The Labute approximate surface area is 112 Å². The number of unbranched alkanes of at least 4 members (excludes halogenated alkanes) is 8. The van der Waals surface area contributed by atoms with Crippen LogP contribution in [0.3, 0.4) is 0 Å². The normalized spacial score (nSPS) is 13.8. The summed E-state index contributed by atoms with van der Waals surface area (Å²) >= 11 is 0. The predicted molar refractivity (Wildman–Crippen MR) is 60.9 cm³/mol. The molecule has 0 aliphatic heterocycles. The zero-order valence-corrected chi connectivity index (χ0v) is 12.0. The third kappa shape index (κ3) is 14.2. The van der Waals surface area contributed by atoms with Crippen molar-refractivity contribution in [2.75, 3.05) is 0 Å². The number of rotatable bonds is 12. The van der Waals surface area contributed by atoms with Gasteiger partial charge in [0.1, 0.15) is 0 Å². The molecule has 0 radical (unpaired) electrons. The van der Waals surface area contributed by atoms with Gasteiger partial charge in [0, 0.05) is 6.42 Å². The van der Waals surface area contributed by atoms with Crippen molar-refractivity contribution >= 4 is 0 Å². The molecule has 2 N–H and O–H groups in total. The molecule has 1 atom stereocenters. The van der Waals surface area contributed by atoms with Gasteiger partial charge in [-0.1, -0.05) is 58.3 Å². The Morgan fingerprint density at radius 1 is 0.889 bits per heavy atom. The van der Waals surface area contributed by atoms with E-state index in [0.717, 1.165) is 19.3 Å². The maximum atomic E-state index is 10.2. The lowest BCUT2D eigenvalue weighted by molar-refractivity contribution is -1.92. The molecule has 110 valence electrons. The Bertz CT molecular complexity index is 187. The summed E-state index contributed by atoms with van der Waals surface area (Å²) in [6, 6.07) is 0. The first kappa shape index (κ1) is 18.1. The average molecular weight is 284 g/mol. The first-order valence-corrected chi connectivity index (χ1v) is 8.04. The van der Waals surface area contributed by atoms with Gasteiger partial charge >= 0.3 is 0 Å². The Balaban J connectivity index is 3.20. The van der Waals surface area contributed by atoms with Crippen molar-refractivity contribution in [1.29, 1.82) is 0 Å². The van der Waals surface area contributed by atoms with Crippen LogP contribution in [0, 0.1) is 10.2 Å². The van der Waals surface area contributed by atoms with E-state index in [0.29, 0.717) is 6.42 Å². The predicted octanol–water partition coefficient (Wildman–Crippen LogP) is 0.106. The minimum Gasteiger partial charge on any atom is -0.292 e. The number of hydrogen-bond acceptors (Lipinski definition) is 5. The second kappa shape index (κ2) is 11.0. The molecule has 0 aliphatic rings. The minimum absolute atomic E-state index is 0.407. The summed E-state index contributed by atoms with van der Waals surface area (Å²) in [4.78, 5) is 0. The summed E-state index contributed by atoms with van der Waals surface area (Å²) in [5.74, 6) is 0. The fourth-order valence-electron chi connectivity index (χ4n) is 1.84. The van der Waals surface area contributed by atoms with Gasteiger partial charge in [0.05, 0.1) is 14.5 Å². The molecule has 0 amide bonds. The molecule has 0 heterocycles. The van der Waals surface area contributed by atoms with Gasteiger partial charge in [0.2, 0.25) is 0 Å².